The van der Waals surface area contributed by atoms with Gasteiger partial charge in [0, 0.05) is 25.9 Å². The van der Waals surface area contributed by atoms with E-state index in [2.05, 4.69) is 43.7 Å². The summed E-state index contributed by atoms with van der Waals surface area (Å²) in [4.78, 5) is 4.18. The summed E-state index contributed by atoms with van der Waals surface area (Å²) in [7, 11) is 1.97. The molecule has 1 aromatic heterocycles. The van der Waals surface area contributed by atoms with Gasteiger partial charge in [0.1, 0.15) is 0 Å². The molecule has 2 heteroatoms. The minimum absolute atomic E-state index is 0.651. The van der Waals surface area contributed by atoms with E-state index in [4.69, 9.17) is 0 Å². The fourth-order valence-electron chi connectivity index (χ4n) is 1.55. The van der Waals surface area contributed by atoms with Gasteiger partial charge in [-0.3, -0.25) is 0 Å². The molecule has 1 unspecified atom stereocenters. The van der Waals surface area contributed by atoms with Crippen LogP contribution in [0.25, 0.3) is 0 Å². The van der Waals surface area contributed by atoms with Crippen molar-refractivity contribution in [2.75, 3.05) is 0 Å². The minimum Gasteiger partial charge on any atom is -0.327 e. The van der Waals surface area contributed by atoms with E-state index >= 15 is 0 Å². The lowest BCUT2D eigenvalue weighted by atomic mass is 10.0. The highest BCUT2D eigenvalue weighted by atomic mass is 15.0. The number of allylic oxidation sites excluding steroid dienone is 2. The first-order chi connectivity index (χ1) is 8.09. The Morgan fingerprint density at radius 3 is 2.88 bits per heavy atom. The lowest BCUT2D eigenvalue weighted by Gasteiger charge is -2.04. The minimum atomic E-state index is 0.651. The third kappa shape index (κ3) is 5.40. The highest BCUT2D eigenvalue weighted by Gasteiger charge is 1.98. The summed E-state index contributed by atoms with van der Waals surface area (Å²) in [5.41, 5.74) is 1.40. The van der Waals surface area contributed by atoms with Crippen LogP contribution in [0.2, 0.25) is 0 Å². The van der Waals surface area contributed by atoms with Crippen molar-refractivity contribution in [1.82, 2.24) is 9.55 Å². The van der Waals surface area contributed by atoms with E-state index in [0.29, 0.717) is 5.92 Å². The van der Waals surface area contributed by atoms with E-state index in [9.17, 15) is 0 Å². The van der Waals surface area contributed by atoms with Gasteiger partial charge >= 0.3 is 0 Å². The van der Waals surface area contributed by atoms with Crippen molar-refractivity contribution < 1.29 is 0 Å². The zero-order chi connectivity index (χ0) is 12.7. The van der Waals surface area contributed by atoms with E-state index in [0.717, 1.165) is 18.7 Å². The first-order valence-electron chi connectivity index (χ1n) is 6.19. The number of aromatic nitrogens is 2. The molecule has 2 nitrogen and oxygen atoms in total. The van der Waals surface area contributed by atoms with Crippen molar-refractivity contribution in [2.45, 2.75) is 40.0 Å². The highest BCUT2D eigenvalue weighted by molar-refractivity contribution is 5.21. The Hall–Kier alpha value is -1.49. The average molecular weight is 230 g/mol. The summed E-state index contributed by atoms with van der Waals surface area (Å²) in [6.45, 7) is 6.54. The molecule has 0 spiro atoms. The summed E-state index contributed by atoms with van der Waals surface area (Å²) in [6.07, 6.45) is 9.31. The fourth-order valence-corrected chi connectivity index (χ4v) is 1.55. The molecule has 1 rings (SSSR count). The SMILES string of the molecule is CC(C)=CCCC(C)CC#Cc1nccn1C. The molecular weight excluding hydrogens is 208 g/mol. The van der Waals surface area contributed by atoms with Gasteiger partial charge in [-0.1, -0.05) is 24.5 Å². The van der Waals surface area contributed by atoms with E-state index in [1.54, 1.807) is 6.20 Å². The summed E-state index contributed by atoms with van der Waals surface area (Å²) in [6, 6.07) is 0. The summed E-state index contributed by atoms with van der Waals surface area (Å²) in [5, 5.41) is 0. The predicted octanol–water partition coefficient (Wildman–Crippen LogP) is 3.54. The second-order valence-corrected chi connectivity index (χ2v) is 4.83. The Labute approximate surface area is 105 Å². The topological polar surface area (TPSA) is 17.8 Å². The highest BCUT2D eigenvalue weighted by Crippen LogP contribution is 2.10. The van der Waals surface area contributed by atoms with Crippen LogP contribution >= 0.6 is 0 Å². The summed E-state index contributed by atoms with van der Waals surface area (Å²) >= 11 is 0. The standard InChI is InChI=1S/C15H22N2/c1-13(2)7-5-8-14(3)9-6-10-15-16-11-12-17(15)4/h7,11-12,14H,5,8-9H2,1-4H3. The van der Waals surface area contributed by atoms with Crippen molar-refractivity contribution in [2.24, 2.45) is 13.0 Å². The zero-order valence-electron chi connectivity index (χ0n) is 11.3. The lowest BCUT2D eigenvalue weighted by Crippen LogP contribution is -1.93. The van der Waals surface area contributed by atoms with Gasteiger partial charge in [0.05, 0.1) is 0 Å². The average Bonchev–Trinajstić information content (AvgIpc) is 2.64. The Morgan fingerprint density at radius 2 is 2.29 bits per heavy atom. The Morgan fingerprint density at radius 1 is 1.53 bits per heavy atom. The summed E-state index contributed by atoms with van der Waals surface area (Å²) < 4.78 is 1.95. The van der Waals surface area contributed by atoms with Crippen molar-refractivity contribution >= 4 is 0 Å². The number of nitrogens with zero attached hydrogens (tertiary/aromatic N) is 2. The normalized spacial score (nSPS) is 11.5. The third-order valence-corrected chi connectivity index (χ3v) is 2.68. The van der Waals surface area contributed by atoms with Crippen molar-refractivity contribution in [1.29, 1.82) is 0 Å². The van der Waals surface area contributed by atoms with Crippen LogP contribution in [0, 0.1) is 17.8 Å². The summed E-state index contributed by atoms with van der Waals surface area (Å²) in [5.74, 6) is 7.82. The molecule has 0 bridgehead atoms. The van der Waals surface area contributed by atoms with Crippen LogP contribution in [0.1, 0.15) is 45.9 Å². The number of hydrogen-bond acceptors (Lipinski definition) is 1. The third-order valence-electron chi connectivity index (χ3n) is 2.68. The number of hydrogen-bond donors (Lipinski definition) is 0. The smallest absolute Gasteiger partial charge is 0.185 e. The maximum absolute atomic E-state index is 4.18. The molecule has 0 saturated heterocycles. The van der Waals surface area contributed by atoms with Crippen LogP contribution < -0.4 is 0 Å². The van der Waals surface area contributed by atoms with Crippen molar-refractivity contribution in [3.8, 4) is 11.8 Å². The van der Waals surface area contributed by atoms with Gasteiger partial charge in [0.15, 0.2) is 5.82 Å². The molecule has 1 aromatic rings. The van der Waals surface area contributed by atoms with E-state index < -0.39 is 0 Å². The van der Waals surface area contributed by atoms with Gasteiger partial charge in [0.25, 0.3) is 0 Å². The molecule has 0 saturated carbocycles. The van der Waals surface area contributed by atoms with Crippen LogP contribution in [0.15, 0.2) is 24.0 Å². The molecule has 92 valence electrons. The molecule has 0 aliphatic heterocycles. The molecule has 1 atom stereocenters. The molecular formula is C15H22N2. The molecule has 0 aromatic carbocycles. The number of rotatable bonds is 4. The van der Waals surface area contributed by atoms with Gasteiger partial charge in [0.2, 0.25) is 0 Å². The molecule has 0 N–H and O–H groups in total. The Balaban J connectivity index is 2.34. The fraction of sp³-hybridized carbons (Fsp3) is 0.533. The molecule has 17 heavy (non-hydrogen) atoms. The second kappa shape index (κ2) is 6.96. The maximum atomic E-state index is 4.18. The zero-order valence-corrected chi connectivity index (χ0v) is 11.3. The van der Waals surface area contributed by atoms with Gasteiger partial charge in [-0.2, -0.15) is 0 Å². The molecule has 0 aliphatic rings. The molecule has 0 amide bonds. The van der Waals surface area contributed by atoms with E-state index in [1.165, 1.54) is 12.0 Å². The van der Waals surface area contributed by atoms with Crippen molar-refractivity contribution in [3.05, 3.63) is 29.9 Å². The maximum Gasteiger partial charge on any atom is 0.185 e. The van der Waals surface area contributed by atoms with Gasteiger partial charge in [-0.25, -0.2) is 4.98 Å². The Bertz CT molecular complexity index is 425. The van der Waals surface area contributed by atoms with Crippen LogP contribution in [0.5, 0.6) is 0 Å². The molecule has 0 radical (unpaired) electrons. The van der Waals surface area contributed by atoms with Crippen LogP contribution in [-0.4, -0.2) is 9.55 Å². The van der Waals surface area contributed by atoms with Crippen molar-refractivity contribution in [3.63, 3.8) is 0 Å². The quantitative estimate of drug-likeness (QED) is 0.571. The largest absolute Gasteiger partial charge is 0.327 e. The van der Waals surface area contributed by atoms with E-state index in [-0.39, 0.29) is 0 Å². The first kappa shape index (κ1) is 13.6. The first-order valence-corrected chi connectivity index (χ1v) is 6.19. The number of imidazole rings is 1. The van der Waals surface area contributed by atoms with Crippen LogP contribution in [0.4, 0.5) is 0 Å². The molecule has 0 fully saturated rings. The Kier molecular flexibility index (Phi) is 5.56. The van der Waals surface area contributed by atoms with Crippen LogP contribution in [-0.2, 0) is 7.05 Å². The lowest BCUT2D eigenvalue weighted by molar-refractivity contribution is 0.553. The second-order valence-electron chi connectivity index (χ2n) is 4.83. The van der Waals surface area contributed by atoms with Gasteiger partial charge in [-0.05, 0) is 38.5 Å². The van der Waals surface area contributed by atoms with E-state index in [1.807, 2.05) is 17.8 Å². The number of aryl methyl sites for hydroxylation is 1. The van der Waals surface area contributed by atoms with Gasteiger partial charge in [-0.15, -0.1) is 0 Å². The van der Waals surface area contributed by atoms with Crippen LogP contribution in [0.3, 0.4) is 0 Å². The predicted molar refractivity (Wildman–Crippen MR) is 72.5 cm³/mol. The molecule has 0 aliphatic carbocycles. The molecule has 1 heterocycles. The monoisotopic (exact) mass is 230 g/mol. The van der Waals surface area contributed by atoms with Gasteiger partial charge < -0.3 is 4.57 Å².